The van der Waals surface area contributed by atoms with Gasteiger partial charge in [-0.15, -0.1) is 0 Å². The van der Waals surface area contributed by atoms with Crippen LogP contribution in [0.3, 0.4) is 0 Å². The maximum Gasteiger partial charge on any atom is 0.216 e. The van der Waals surface area contributed by atoms with Crippen molar-refractivity contribution in [2.45, 2.75) is 0 Å². The minimum atomic E-state index is -0.254. The monoisotopic (exact) mass is 278 g/mol. The number of nitrogens with zero attached hydrogens (tertiary/aromatic N) is 2. The van der Waals surface area contributed by atoms with E-state index < -0.39 is 0 Å². The maximum atomic E-state index is 12.2. The van der Waals surface area contributed by atoms with E-state index in [1.807, 2.05) is 0 Å². The highest BCUT2D eigenvalue weighted by Crippen LogP contribution is 2.26. The lowest BCUT2D eigenvalue weighted by Gasteiger charge is -2.06. The Balaban J connectivity index is 2.38. The van der Waals surface area contributed by atoms with E-state index in [-0.39, 0.29) is 11.5 Å². The molecule has 2 rings (SSSR count). The number of halogens is 1. The smallest absolute Gasteiger partial charge is 0.216 e. The maximum absolute atomic E-state index is 12.2. The molecule has 0 aliphatic heterocycles. The summed E-state index contributed by atoms with van der Waals surface area (Å²) in [4.78, 5) is 20.0. The van der Waals surface area contributed by atoms with Gasteiger partial charge < -0.3 is 9.47 Å². The number of aromatic nitrogens is 2. The van der Waals surface area contributed by atoms with E-state index in [1.54, 1.807) is 18.2 Å². The van der Waals surface area contributed by atoms with E-state index in [4.69, 9.17) is 21.1 Å². The van der Waals surface area contributed by atoms with Gasteiger partial charge in [0, 0.05) is 11.6 Å². The number of ether oxygens (including phenoxy) is 2. The van der Waals surface area contributed by atoms with Crippen molar-refractivity contribution in [3.63, 3.8) is 0 Å². The first-order valence-corrected chi connectivity index (χ1v) is 5.77. The van der Waals surface area contributed by atoms with Crippen LogP contribution in [0.15, 0.2) is 30.6 Å². The van der Waals surface area contributed by atoms with Crippen LogP contribution in [0.2, 0.25) is 5.02 Å². The zero-order valence-corrected chi connectivity index (χ0v) is 11.1. The lowest BCUT2D eigenvalue weighted by molar-refractivity contribution is 0.103. The molecule has 0 bridgehead atoms. The molecule has 6 heteroatoms. The second-order valence-corrected chi connectivity index (χ2v) is 4.03. The molecule has 1 heterocycles. The number of benzene rings is 1. The third-order valence-electron chi connectivity index (χ3n) is 2.50. The van der Waals surface area contributed by atoms with E-state index in [1.165, 1.54) is 26.6 Å². The predicted molar refractivity (Wildman–Crippen MR) is 70.0 cm³/mol. The standard InChI is InChI=1S/C13H11ClN2O3/c1-18-11-5-8(3-4-9(11)14)13(17)10-6-12(19-2)16-7-15-10/h3-7H,1-2H3. The number of carbonyl (C=O) groups is 1. The molecule has 1 aromatic carbocycles. The Morgan fingerprint density at radius 3 is 2.63 bits per heavy atom. The van der Waals surface area contributed by atoms with Crippen molar-refractivity contribution in [1.29, 1.82) is 0 Å². The SMILES string of the molecule is COc1cc(C(=O)c2ccc(Cl)c(OC)c2)ncn1. The Morgan fingerprint density at radius 2 is 1.95 bits per heavy atom. The van der Waals surface area contributed by atoms with Crippen LogP contribution >= 0.6 is 11.6 Å². The molecule has 0 fully saturated rings. The molecule has 98 valence electrons. The summed E-state index contributed by atoms with van der Waals surface area (Å²) in [6.45, 7) is 0. The minimum absolute atomic E-state index is 0.247. The quantitative estimate of drug-likeness (QED) is 0.804. The van der Waals surface area contributed by atoms with Gasteiger partial charge in [-0.3, -0.25) is 4.79 Å². The van der Waals surface area contributed by atoms with Crippen LogP contribution in [0, 0.1) is 0 Å². The molecule has 0 radical (unpaired) electrons. The van der Waals surface area contributed by atoms with Gasteiger partial charge in [-0.25, -0.2) is 9.97 Å². The van der Waals surface area contributed by atoms with Crippen molar-refractivity contribution in [1.82, 2.24) is 9.97 Å². The number of hydrogen-bond acceptors (Lipinski definition) is 5. The summed E-state index contributed by atoms with van der Waals surface area (Å²) in [6, 6.07) is 6.26. The Morgan fingerprint density at radius 1 is 1.16 bits per heavy atom. The van der Waals surface area contributed by atoms with Crippen LogP contribution in [-0.2, 0) is 0 Å². The Bertz CT molecular complexity index is 617. The number of ketones is 1. The molecule has 2 aromatic rings. The van der Waals surface area contributed by atoms with Crippen molar-refractivity contribution in [3.05, 3.63) is 46.9 Å². The molecule has 0 unspecified atom stereocenters. The molecular formula is C13H11ClN2O3. The van der Waals surface area contributed by atoms with Gasteiger partial charge in [0.2, 0.25) is 11.7 Å². The van der Waals surface area contributed by atoms with Crippen molar-refractivity contribution >= 4 is 17.4 Å². The average molecular weight is 279 g/mol. The molecule has 0 aliphatic carbocycles. The zero-order valence-electron chi connectivity index (χ0n) is 10.4. The fourth-order valence-electron chi connectivity index (χ4n) is 1.52. The first kappa shape index (κ1) is 13.3. The largest absolute Gasteiger partial charge is 0.495 e. The van der Waals surface area contributed by atoms with Gasteiger partial charge >= 0.3 is 0 Å². The number of methoxy groups -OCH3 is 2. The topological polar surface area (TPSA) is 61.3 Å². The van der Waals surface area contributed by atoms with Gasteiger partial charge in [-0.05, 0) is 18.2 Å². The van der Waals surface area contributed by atoms with Gasteiger partial charge in [-0.2, -0.15) is 0 Å². The number of carbonyl (C=O) groups excluding carboxylic acids is 1. The summed E-state index contributed by atoms with van der Waals surface area (Å²) in [6.07, 6.45) is 1.28. The molecule has 5 nitrogen and oxygen atoms in total. The predicted octanol–water partition coefficient (Wildman–Crippen LogP) is 2.38. The first-order valence-electron chi connectivity index (χ1n) is 5.40. The highest BCUT2D eigenvalue weighted by Gasteiger charge is 2.14. The van der Waals surface area contributed by atoms with Crippen LogP contribution < -0.4 is 9.47 Å². The molecule has 0 amide bonds. The van der Waals surface area contributed by atoms with E-state index in [9.17, 15) is 4.79 Å². The van der Waals surface area contributed by atoms with Crippen LogP contribution in [0.5, 0.6) is 11.6 Å². The van der Waals surface area contributed by atoms with Crippen molar-refractivity contribution in [3.8, 4) is 11.6 Å². The molecule has 0 N–H and O–H groups in total. The summed E-state index contributed by atoms with van der Waals surface area (Å²) in [7, 11) is 2.96. The Kier molecular flexibility index (Phi) is 3.97. The first-order chi connectivity index (χ1) is 9.15. The van der Waals surface area contributed by atoms with Crippen LogP contribution in [0.1, 0.15) is 16.1 Å². The van der Waals surface area contributed by atoms with Gasteiger partial charge in [-0.1, -0.05) is 11.6 Å². The van der Waals surface area contributed by atoms with Crippen molar-refractivity contribution in [2.75, 3.05) is 14.2 Å². The van der Waals surface area contributed by atoms with Crippen molar-refractivity contribution in [2.24, 2.45) is 0 Å². The summed E-state index contributed by atoms with van der Waals surface area (Å²) in [5, 5.41) is 0.444. The molecule has 0 saturated heterocycles. The second-order valence-electron chi connectivity index (χ2n) is 3.62. The minimum Gasteiger partial charge on any atom is -0.495 e. The summed E-state index contributed by atoms with van der Waals surface area (Å²) in [5.74, 6) is 0.517. The van der Waals surface area contributed by atoms with Gasteiger partial charge in [0.15, 0.2) is 0 Å². The number of hydrogen-bond donors (Lipinski definition) is 0. The highest BCUT2D eigenvalue weighted by atomic mass is 35.5. The third kappa shape index (κ3) is 2.82. The lowest BCUT2D eigenvalue weighted by atomic mass is 10.1. The molecular weight excluding hydrogens is 268 g/mol. The van der Waals surface area contributed by atoms with Crippen molar-refractivity contribution < 1.29 is 14.3 Å². The average Bonchev–Trinajstić information content (AvgIpc) is 2.47. The molecule has 0 saturated carbocycles. The lowest BCUT2D eigenvalue weighted by Crippen LogP contribution is -2.05. The van der Waals surface area contributed by atoms with Gasteiger partial charge in [0.25, 0.3) is 0 Å². The summed E-state index contributed by atoms with van der Waals surface area (Å²) in [5.41, 5.74) is 0.679. The van der Waals surface area contributed by atoms with E-state index in [2.05, 4.69) is 9.97 Å². The fourth-order valence-corrected chi connectivity index (χ4v) is 1.72. The highest BCUT2D eigenvalue weighted by molar-refractivity contribution is 6.32. The zero-order chi connectivity index (χ0) is 13.8. The van der Waals surface area contributed by atoms with E-state index in [0.717, 1.165) is 0 Å². The summed E-state index contributed by atoms with van der Waals surface area (Å²) < 4.78 is 10.0. The summed E-state index contributed by atoms with van der Waals surface area (Å²) >= 11 is 5.91. The number of rotatable bonds is 4. The van der Waals surface area contributed by atoms with Crippen LogP contribution in [0.25, 0.3) is 0 Å². The molecule has 0 aliphatic rings. The Labute approximate surface area is 115 Å². The molecule has 19 heavy (non-hydrogen) atoms. The van der Waals surface area contributed by atoms with Crippen LogP contribution in [0.4, 0.5) is 0 Å². The van der Waals surface area contributed by atoms with E-state index in [0.29, 0.717) is 22.2 Å². The van der Waals surface area contributed by atoms with E-state index >= 15 is 0 Å². The second kappa shape index (κ2) is 5.67. The van der Waals surface area contributed by atoms with Gasteiger partial charge in [0.1, 0.15) is 17.8 Å². The third-order valence-corrected chi connectivity index (χ3v) is 2.81. The fraction of sp³-hybridized carbons (Fsp3) is 0.154. The Hall–Kier alpha value is -2.14. The molecule has 0 atom stereocenters. The van der Waals surface area contributed by atoms with Crippen LogP contribution in [-0.4, -0.2) is 30.0 Å². The van der Waals surface area contributed by atoms with Gasteiger partial charge in [0.05, 0.1) is 19.2 Å². The molecule has 0 spiro atoms. The molecule has 1 aromatic heterocycles. The normalized spacial score (nSPS) is 10.1.